The van der Waals surface area contributed by atoms with Gasteiger partial charge in [0.05, 0.1) is 6.61 Å². The number of anilines is 1. The minimum atomic E-state index is 0.547. The van der Waals surface area contributed by atoms with Gasteiger partial charge in [-0.3, -0.25) is 0 Å². The summed E-state index contributed by atoms with van der Waals surface area (Å²) in [6, 6.07) is 15.2. The third-order valence-corrected chi connectivity index (χ3v) is 4.07. The van der Waals surface area contributed by atoms with Gasteiger partial charge in [-0.2, -0.15) is 0 Å². The van der Waals surface area contributed by atoms with Crippen molar-refractivity contribution in [3.63, 3.8) is 0 Å². The van der Waals surface area contributed by atoms with Gasteiger partial charge in [0.2, 0.25) is 0 Å². The van der Waals surface area contributed by atoms with E-state index in [1.54, 1.807) is 0 Å². The molecule has 0 bridgehead atoms. The van der Waals surface area contributed by atoms with Gasteiger partial charge < -0.3 is 10.1 Å². The average Bonchev–Trinajstić information content (AvgIpc) is 2.95. The van der Waals surface area contributed by atoms with Crippen LogP contribution in [-0.2, 0) is 12.8 Å². The van der Waals surface area contributed by atoms with Crippen molar-refractivity contribution >= 4 is 5.69 Å². The van der Waals surface area contributed by atoms with Crippen LogP contribution in [0.1, 0.15) is 36.5 Å². The zero-order chi connectivity index (χ0) is 14.7. The number of nitrogens with one attached hydrogen (secondary N) is 1. The van der Waals surface area contributed by atoms with Crippen LogP contribution in [0.25, 0.3) is 0 Å². The second-order valence-electron chi connectivity index (χ2n) is 5.96. The number of hydrogen-bond donors (Lipinski definition) is 1. The average molecular weight is 281 g/mol. The van der Waals surface area contributed by atoms with Crippen molar-refractivity contribution in [3.05, 3.63) is 59.2 Å². The van der Waals surface area contributed by atoms with Gasteiger partial charge in [-0.1, -0.05) is 44.2 Å². The number of para-hydroxylation sites is 1. The van der Waals surface area contributed by atoms with Gasteiger partial charge >= 0.3 is 0 Å². The Labute approximate surface area is 127 Å². The Kier molecular flexibility index (Phi) is 4.14. The summed E-state index contributed by atoms with van der Waals surface area (Å²) in [6.45, 7) is 6.27. The van der Waals surface area contributed by atoms with Crippen LogP contribution in [0.2, 0.25) is 0 Å². The van der Waals surface area contributed by atoms with Gasteiger partial charge in [0.15, 0.2) is 0 Å². The molecule has 0 radical (unpaired) electrons. The van der Waals surface area contributed by atoms with Crippen molar-refractivity contribution in [2.24, 2.45) is 0 Å². The third-order valence-electron chi connectivity index (χ3n) is 4.07. The number of benzene rings is 2. The van der Waals surface area contributed by atoms with Crippen LogP contribution in [0.4, 0.5) is 5.69 Å². The Morgan fingerprint density at radius 2 is 2.00 bits per heavy atom. The van der Waals surface area contributed by atoms with Crippen LogP contribution in [0.15, 0.2) is 42.5 Å². The van der Waals surface area contributed by atoms with Crippen LogP contribution in [0, 0.1) is 0 Å². The normalized spacial score (nSPS) is 13.1. The molecule has 0 spiro atoms. The van der Waals surface area contributed by atoms with Crippen molar-refractivity contribution in [2.75, 3.05) is 18.5 Å². The standard InChI is InChI=1S/C19H23NO/c1-14(2)17-5-3-4-6-18(17)20-11-9-15-7-8-19-16(13-15)10-12-21-19/h3-8,13-14,20H,9-12H2,1-2H3. The van der Waals surface area contributed by atoms with Crippen LogP contribution in [0.3, 0.4) is 0 Å². The molecule has 0 aromatic heterocycles. The fourth-order valence-corrected chi connectivity index (χ4v) is 2.90. The first-order valence-electron chi connectivity index (χ1n) is 7.81. The monoisotopic (exact) mass is 281 g/mol. The lowest BCUT2D eigenvalue weighted by Gasteiger charge is -2.14. The number of fused-ring (bicyclic) bond motifs is 1. The summed E-state index contributed by atoms with van der Waals surface area (Å²) < 4.78 is 5.55. The Morgan fingerprint density at radius 3 is 2.86 bits per heavy atom. The van der Waals surface area contributed by atoms with E-state index in [0.29, 0.717) is 5.92 Å². The Morgan fingerprint density at radius 1 is 1.14 bits per heavy atom. The summed E-state index contributed by atoms with van der Waals surface area (Å²) in [6.07, 6.45) is 2.09. The molecule has 0 saturated heterocycles. The van der Waals surface area contributed by atoms with Crippen LogP contribution >= 0.6 is 0 Å². The van der Waals surface area contributed by atoms with Gasteiger partial charge in [-0.05, 0) is 41.2 Å². The molecule has 2 aromatic rings. The smallest absolute Gasteiger partial charge is 0.122 e. The Bertz CT molecular complexity index is 619. The highest BCUT2D eigenvalue weighted by molar-refractivity contribution is 5.52. The van der Waals surface area contributed by atoms with Crippen molar-refractivity contribution in [2.45, 2.75) is 32.6 Å². The topological polar surface area (TPSA) is 21.3 Å². The first-order chi connectivity index (χ1) is 10.2. The molecule has 1 heterocycles. The van der Waals surface area contributed by atoms with Gasteiger partial charge in [-0.15, -0.1) is 0 Å². The lowest BCUT2D eigenvalue weighted by Crippen LogP contribution is -2.07. The summed E-state index contributed by atoms with van der Waals surface area (Å²) in [5.74, 6) is 1.61. The molecule has 21 heavy (non-hydrogen) atoms. The zero-order valence-corrected chi connectivity index (χ0v) is 12.9. The molecule has 2 heteroatoms. The summed E-state index contributed by atoms with van der Waals surface area (Å²) in [7, 11) is 0. The molecule has 1 aliphatic rings. The SMILES string of the molecule is CC(C)c1ccccc1NCCc1ccc2c(c1)CCO2. The molecule has 0 saturated carbocycles. The molecule has 0 unspecified atom stereocenters. The molecule has 3 rings (SSSR count). The van der Waals surface area contributed by atoms with Gasteiger partial charge in [0.1, 0.15) is 5.75 Å². The Balaban J connectivity index is 1.61. The molecule has 0 atom stereocenters. The van der Waals surface area contributed by atoms with Crippen molar-refractivity contribution < 1.29 is 4.74 Å². The molecular weight excluding hydrogens is 258 g/mol. The summed E-state index contributed by atoms with van der Waals surface area (Å²) >= 11 is 0. The van der Waals surface area contributed by atoms with Crippen LogP contribution in [-0.4, -0.2) is 13.2 Å². The highest BCUT2D eigenvalue weighted by atomic mass is 16.5. The lowest BCUT2D eigenvalue weighted by molar-refractivity contribution is 0.357. The molecule has 2 nitrogen and oxygen atoms in total. The number of ether oxygens (including phenoxy) is 1. The van der Waals surface area contributed by atoms with E-state index in [4.69, 9.17) is 4.74 Å². The predicted octanol–water partition coefficient (Wildman–Crippen LogP) is 4.40. The quantitative estimate of drug-likeness (QED) is 0.877. The zero-order valence-electron chi connectivity index (χ0n) is 12.9. The summed E-state index contributed by atoms with van der Waals surface area (Å²) in [4.78, 5) is 0. The predicted molar refractivity (Wildman–Crippen MR) is 88.4 cm³/mol. The molecule has 0 fully saturated rings. The largest absolute Gasteiger partial charge is 0.493 e. The van der Waals surface area contributed by atoms with E-state index in [1.807, 2.05) is 0 Å². The molecule has 110 valence electrons. The maximum atomic E-state index is 5.55. The van der Waals surface area contributed by atoms with Crippen LogP contribution < -0.4 is 10.1 Å². The van der Waals surface area contributed by atoms with E-state index in [-0.39, 0.29) is 0 Å². The minimum absolute atomic E-state index is 0.547. The molecular formula is C19H23NO. The molecule has 1 aliphatic heterocycles. The molecule has 0 aliphatic carbocycles. The van der Waals surface area contributed by atoms with Crippen molar-refractivity contribution in [1.29, 1.82) is 0 Å². The van der Waals surface area contributed by atoms with Crippen molar-refractivity contribution in [3.8, 4) is 5.75 Å². The van der Waals surface area contributed by atoms with Gasteiger partial charge in [0, 0.05) is 18.7 Å². The van der Waals surface area contributed by atoms with E-state index in [1.165, 1.54) is 22.4 Å². The van der Waals surface area contributed by atoms with E-state index < -0.39 is 0 Å². The maximum Gasteiger partial charge on any atom is 0.122 e. The van der Waals surface area contributed by atoms with Gasteiger partial charge in [-0.25, -0.2) is 0 Å². The number of rotatable bonds is 5. The van der Waals surface area contributed by atoms with E-state index in [9.17, 15) is 0 Å². The lowest BCUT2D eigenvalue weighted by atomic mass is 10.0. The minimum Gasteiger partial charge on any atom is -0.493 e. The second kappa shape index (κ2) is 6.21. The highest BCUT2D eigenvalue weighted by Gasteiger charge is 2.11. The van der Waals surface area contributed by atoms with E-state index in [2.05, 4.69) is 61.6 Å². The summed E-state index contributed by atoms with van der Waals surface area (Å²) in [5, 5.41) is 3.58. The Hall–Kier alpha value is -1.96. The molecule has 0 amide bonds. The fourth-order valence-electron chi connectivity index (χ4n) is 2.90. The van der Waals surface area contributed by atoms with E-state index in [0.717, 1.165) is 31.7 Å². The maximum absolute atomic E-state index is 5.55. The third kappa shape index (κ3) is 3.21. The molecule has 1 N–H and O–H groups in total. The first kappa shape index (κ1) is 14.0. The number of hydrogen-bond acceptors (Lipinski definition) is 2. The van der Waals surface area contributed by atoms with Crippen LogP contribution in [0.5, 0.6) is 5.75 Å². The van der Waals surface area contributed by atoms with E-state index >= 15 is 0 Å². The van der Waals surface area contributed by atoms with Crippen molar-refractivity contribution in [1.82, 2.24) is 0 Å². The fraction of sp³-hybridized carbons (Fsp3) is 0.368. The first-order valence-corrected chi connectivity index (χ1v) is 7.81. The highest BCUT2D eigenvalue weighted by Crippen LogP contribution is 2.26. The molecule has 2 aromatic carbocycles. The summed E-state index contributed by atoms with van der Waals surface area (Å²) in [5.41, 5.74) is 5.39. The van der Waals surface area contributed by atoms with Gasteiger partial charge in [0.25, 0.3) is 0 Å². The second-order valence-corrected chi connectivity index (χ2v) is 5.96.